The van der Waals surface area contributed by atoms with Crippen LogP contribution in [-0.4, -0.2) is 34.2 Å². The van der Waals surface area contributed by atoms with Gasteiger partial charge in [-0.05, 0) is 6.92 Å². The first-order chi connectivity index (χ1) is 8.37. The minimum Gasteiger partial charge on any atom is -0.348 e. The molecule has 0 saturated carbocycles. The number of aryl methyl sites for hydroxylation is 1. The summed E-state index contributed by atoms with van der Waals surface area (Å²) in [5.41, 5.74) is 0.843. The van der Waals surface area contributed by atoms with Gasteiger partial charge in [-0.25, -0.2) is 8.78 Å². The van der Waals surface area contributed by atoms with Crippen molar-refractivity contribution in [2.45, 2.75) is 31.4 Å². The maximum absolute atomic E-state index is 13.0. The normalized spacial score (nSPS) is 23.9. The molecule has 0 aromatic carbocycles. The molecule has 1 aromatic heterocycles. The molecule has 0 radical (unpaired) electrons. The van der Waals surface area contributed by atoms with Crippen LogP contribution in [0.15, 0.2) is 12.4 Å². The zero-order chi connectivity index (χ0) is 13.3. The summed E-state index contributed by atoms with van der Waals surface area (Å²) in [5.74, 6) is -3.19. The Labute approximate surface area is 104 Å². The number of nitrogens with one attached hydrogen (secondary N) is 2. The van der Waals surface area contributed by atoms with Crippen molar-refractivity contribution in [1.29, 1.82) is 0 Å². The number of hydrogen-bond acceptors (Lipinski definition) is 3. The number of aromatic nitrogens is 2. The monoisotopic (exact) mass is 258 g/mol. The zero-order valence-corrected chi connectivity index (χ0v) is 10.3. The SMILES string of the molecule is CC(NC(=O)C1CC(F)(F)CN1)c1cnn(C)c1. The molecular formula is C11H16F2N4O. The summed E-state index contributed by atoms with van der Waals surface area (Å²) >= 11 is 0. The van der Waals surface area contributed by atoms with E-state index in [-0.39, 0.29) is 6.04 Å². The lowest BCUT2D eigenvalue weighted by molar-refractivity contribution is -0.124. The maximum Gasteiger partial charge on any atom is 0.262 e. The summed E-state index contributed by atoms with van der Waals surface area (Å²) in [5, 5.41) is 9.22. The summed E-state index contributed by atoms with van der Waals surface area (Å²) in [6, 6.07) is -1.07. The average Bonchev–Trinajstić information content (AvgIpc) is 2.84. The van der Waals surface area contributed by atoms with E-state index >= 15 is 0 Å². The molecule has 0 spiro atoms. The lowest BCUT2D eigenvalue weighted by atomic mass is 10.1. The second-order valence-electron chi connectivity index (χ2n) is 4.67. The third kappa shape index (κ3) is 2.84. The lowest BCUT2D eigenvalue weighted by Crippen LogP contribution is -2.41. The number of carbonyl (C=O) groups excluding carboxylic acids is 1. The van der Waals surface area contributed by atoms with Gasteiger partial charge in [0, 0.05) is 25.2 Å². The van der Waals surface area contributed by atoms with Gasteiger partial charge in [0.2, 0.25) is 5.91 Å². The molecule has 1 aromatic rings. The van der Waals surface area contributed by atoms with Crippen LogP contribution < -0.4 is 10.6 Å². The molecule has 0 bridgehead atoms. The number of carbonyl (C=O) groups is 1. The van der Waals surface area contributed by atoms with Crippen LogP contribution in [0, 0.1) is 0 Å². The van der Waals surface area contributed by atoms with Crippen LogP contribution in [0.4, 0.5) is 8.78 Å². The molecule has 7 heteroatoms. The second kappa shape index (κ2) is 4.64. The van der Waals surface area contributed by atoms with Gasteiger partial charge in [0.15, 0.2) is 0 Å². The zero-order valence-electron chi connectivity index (χ0n) is 10.3. The van der Waals surface area contributed by atoms with E-state index in [1.54, 1.807) is 31.0 Å². The van der Waals surface area contributed by atoms with Gasteiger partial charge in [-0.15, -0.1) is 0 Å². The van der Waals surface area contributed by atoms with E-state index in [0.29, 0.717) is 0 Å². The molecule has 2 heterocycles. The van der Waals surface area contributed by atoms with Crippen molar-refractivity contribution in [3.05, 3.63) is 18.0 Å². The predicted molar refractivity (Wildman–Crippen MR) is 61.1 cm³/mol. The van der Waals surface area contributed by atoms with E-state index in [1.807, 2.05) is 0 Å². The molecule has 1 aliphatic heterocycles. The minimum atomic E-state index is -2.79. The topological polar surface area (TPSA) is 59.0 Å². The smallest absolute Gasteiger partial charge is 0.262 e. The Kier molecular flexibility index (Phi) is 3.34. The van der Waals surface area contributed by atoms with Crippen LogP contribution in [0.25, 0.3) is 0 Å². The largest absolute Gasteiger partial charge is 0.348 e. The number of hydrogen-bond donors (Lipinski definition) is 2. The Morgan fingerprint density at radius 3 is 2.94 bits per heavy atom. The van der Waals surface area contributed by atoms with Crippen LogP contribution in [0.2, 0.25) is 0 Å². The van der Waals surface area contributed by atoms with Crippen molar-refractivity contribution in [2.75, 3.05) is 6.54 Å². The van der Waals surface area contributed by atoms with Crippen LogP contribution in [-0.2, 0) is 11.8 Å². The van der Waals surface area contributed by atoms with Crippen LogP contribution >= 0.6 is 0 Å². The third-order valence-corrected chi connectivity index (χ3v) is 3.01. The standard InChI is InChI=1S/C11H16F2N4O/c1-7(8-4-15-17(2)5-8)16-10(18)9-3-11(12,13)6-14-9/h4-5,7,9,14H,3,6H2,1-2H3,(H,16,18). The third-order valence-electron chi connectivity index (χ3n) is 3.01. The highest BCUT2D eigenvalue weighted by Crippen LogP contribution is 2.25. The Balaban J connectivity index is 1.92. The first-order valence-electron chi connectivity index (χ1n) is 5.77. The number of nitrogens with zero attached hydrogens (tertiary/aromatic N) is 2. The number of alkyl halides is 2. The van der Waals surface area contributed by atoms with E-state index in [2.05, 4.69) is 15.7 Å². The van der Waals surface area contributed by atoms with E-state index in [1.165, 1.54) is 0 Å². The molecule has 0 aliphatic carbocycles. The Hall–Kier alpha value is -1.50. The van der Waals surface area contributed by atoms with Gasteiger partial charge < -0.3 is 5.32 Å². The van der Waals surface area contributed by atoms with Gasteiger partial charge in [0.1, 0.15) is 0 Å². The van der Waals surface area contributed by atoms with Gasteiger partial charge in [-0.3, -0.25) is 14.8 Å². The van der Waals surface area contributed by atoms with Gasteiger partial charge in [0.25, 0.3) is 5.92 Å². The first-order valence-corrected chi connectivity index (χ1v) is 5.77. The fourth-order valence-corrected chi connectivity index (χ4v) is 1.96. The van der Waals surface area contributed by atoms with Crippen molar-refractivity contribution in [3.63, 3.8) is 0 Å². The van der Waals surface area contributed by atoms with Crippen molar-refractivity contribution in [2.24, 2.45) is 7.05 Å². The Bertz CT molecular complexity index is 446. The molecule has 1 amide bonds. The summed E-state index contributed by atoms with van der Waals surface area (Å²) < 4.78 is 27.6. The molecule has 100 valence electrons. The van der Waals surface area contributed by atoms with E-state index in [9.17, 15) is 13.6 Å². The first kappa shape index (κ1) is 12.9. The fraction of sp³-hybridized carbons (Fsp3) is 0.636. The molecule has 1 fully saturated rings. The molecular weight excluding hydrogens is 242 g/mol. The molecule has 1 saturated heterocycles. The number of amides is 1. The average molecular weight is 258 g/mol. The molecule has 2 N–H and O–H groups in total. The van der Waals surface area contributed by atoms with E-state index in [4.69, 9.17) is 0 Å². The van der Waals surface area contributed by atoms with E-state index < -0.39 is 30.8 Å². The Morgan fingerprint density at radius 2 is 2.44 bits per heavy atom. The van der Waals surface area contributed by atoms with Gasteiger partial charge in [-0.1, -0.05) is 0 Å². The minimum absolute atomic E-state index is 0.248. The van der Waals surface area contributed by atoms with Crippen LogP contribution in [0.5, 0.6) is 0 Å². The fourth-order valence-electron chi connectivity index (χ4n) is 1.96. The molecule has 18 heavy (non-hydrogen) atoms. The molecule has 5 nitrogen and oxygen atoms in total. The quantitative estimate of drug-likeness (QED) is 0.834. The molecule has 1 aliphatic rings. The van der Waals surface area contributed by atoms with Crippen molar-refractivity contribution in [3.8, 4) is 0 Å². The molecule has 2 atom stereocenters. The number of rotatable bonds is 3. The highest BCUT2D eigenvalue weighted by Gasteiger charge is 2.42. The predicted octanol–water partition coefficient (Wildman–Crippen LogP) is 0.594. The van der Waals surface area contributed by atoms with Gasteiger partial charge in [-0.2, -0.15) is 5.10 Å². The Morgan fingerprint density at radius 1 is 1.72 bits per heavy atom. The maximum atomic E-state index is 13.0. The highest BCUT2D eigenvalue weighted by atomic mass is 19.3. The highest BCUT2D eigenvalue weighted by molar-refractivity contribution is 5.82. The van der Waals surface area contributed by atoms with Gasteiger partial charge in [0.05, 0.1) is 24.8 Å². The van der Waals surface area contributed by atoms with Crippen molar-refractivity contribution < 1.29 is 13.6 Å². The molecule has 2 unspecified atom stereocenters. The summed E-state index contributed by atoms with van der Waals surface area (Å²) in [6.45, 7) is 1.36. The number of halogens is 2. The lowest BCUT2D eigenvalue weighted by Gasteiger charge is -2.16. The second-order valence-corrected chi connectivity index (χ2v) is 4.67. The molecule has 2 rings (SSSR count). The van der Waals surface area contributed by atoms with Crippen molar-refractivity contribution in [1.82, 2.24) is 20.4 Å². The van der Waals surface area contributed by atoms with Crippen molar-refractivity contribution >= 4 is 5.91 Å². The van der Waals surface area contributed by atoms with Crippen LogP contribution in [0.1, 0.15) is 24.9 Å². The van der Waals surface area contributed by atoms with Crippen LogP contribution in [0.3, 0.4) is 0 Å². The van der Waals surface area contributed by atoms with E-state index in [0.717, 1.165) is 5.56 Å². The summed E-state index contributed by atoms with van der Waals surface area (Å²) in [4.78, 5) is 11.8. The summed E-state index contributed by atoms with van der Waals surface area (Å²) in [6.07, 6.45) is 2.97. The van der Waals surface area contributed by atoms with Gasteiger partial charge >= 0.3 is 0 Å². The summed E-state index contributed by atoms with van der Waals surface area (Å²) in [7, 11) is 1.77.